The van der Waals surface area contributed by atoms with Gasteiger partial charge in [0.05, 0.1) is 27.9 Å². The van der Waals surface area contributed by atoms with Crippen LogP contribution in [0.3, 0.4) is 0 Å². The third-order valence-electron chi connectivity index (χ3n) is 5.69. The number of hydrogen-bond acceptors (Lipinski definition) is 6. The quantitative estimate of drug-likeness (QED) is 0.368. The standard InChI is InChI=1S/C27H33ClN4O4/c1-18(26(28)31(2)3)17-32(27(33)20-8-7-9-22(14-20)34-4)25-15-21(29-30-25)11-10-19-12-23(35-5)16-24(13-19)36-6/h7-9,12-16H,10-11,17H2,1-6H3,(H,29,30). The first-order valence-corrected chi connectivity index (χ1v) is 11.9. The molecule has 0 atom stereocenters. The minimum Gasteiger partial charge on any atom is -0.497 e. The van der Waals surface area contributed by atoms with Gasteiger partial charge in [0.2, 0.25) is 0 Å². The van der Waals surface area contributed by atoms with Gasteiger partial charge in [0, 0.05) is 37.5 Å². The van der Waals surface area contributed by atoms with Crippen molar-refractivity contribution in [2.45, 2.75) is 19.8 Å². The van der Waals surface area contributed by atoms with Crippen LogP contribution in [0.5, 0.6) is 17.2 Å². The summed E-state index contributed by atoms with van der Waals surface area (Å²) in [7, 11) is 8.56. The number of carbonyl (C=O) groups is 1. The Bertz CT molecular complexity index is 1200. The van der Waals surface area contributed by atoms with Gasteiger partial charge in [-0.1, -0.05) is 17.7 Å². The number of aromatic nitrogens is 2. The molecule has 1 N–H and O–H groups in total. The Hall–Kier alpha value is -3.65. The summed E-state index contributed by atoms with van der Waals surface area (Å²) in [6.45, 7) is 2.18. The van der Waals surface area contributed by atoms with Gasteiger partial charge in [-0.25, -0.2) is 0 Å². The molecule has 0 aliphatic rings. The van der Waals surface area contributed by atoms with Gasteiger partial charge in [-0.2, -0.15) is 5.10 Å². The lowest BCUT2D eigenvalue weighted by Gasteiger charge is -2.23. The fourth-order valence-corrected chi connectivity index (χ4v) is 3.82. The molecule has 1 heterocycles. The van der Waals surface area contributed by atoms with Gasteiger partial charge in [-0.15, -0.1) is 0 Å². The lowest BCUT2D eigenvalue weighted by Crippen LogP contribution is -2.33. The molecular formula is C27H33ClN4O4. The number of rotatable bonds is 11. The summed E-state index contributed by atoms with van der Waals surface area (Å²) in [5.74, 6) is 2.40. The van der Waals surface area contributed by atoms with Crippen LogP contribution in [0.2, 0.25) is 0 Å². The summed E-state index contributed by atoms with van der Waals surface area (Å²) >= 11 is 6.47. The average molecular weight is 513 g/mol. The molecule has 0 unspecified atom stereocenters. The zero-order valence-corrected chi connectivity index (χ0v) is 22.3. The molecule has 36 heavy (non-hydrogen) atoms. The molecule has 1 amide bonds. The summed E-state index contributed by atoms with van der Waals surface area (Å²) in [5, 5.41) is 8.11. The van der Waals surface area contributed by atoms with Gasteiger partial charge < -0.3 is 19.1 Å². The van der Waals surface area contributed by atoms with Crippen LogP contribution in [0.1, 0.15) is 28.5 Å². The number of amides is 1. The van der Waals surface area contributed by atoms with Gasteiger partial charge in [-0.3, -0.25) is 14.8 Å². The summed E-state index contributed by atoms with van der Waals surface area (Å²) < 4.78 is 16.0. The second-order valence-electron chi connectivity index (χ2n) is 8.56. The van der Waals surface area contributed by atoms with Crippen molar-refractivity contribution in [3.05, 3.63) is 76.1 Å². The van der Waals surface area contributed by atoms with Gasteiger partial charge >= 0.3 is 0 Å². The number of carbonyl (C=O) groups excluding carboxylic acids is 1. The summed E-state index contributed by atoms with van der Waals surface area (Å²) in [4.78, 5) is 17.0. The molecule has 3 aromatic rings. The number of ether oxygens (including phenoxy) is 3. The first kappa shape index (κ1) is 26.9. The van der Waals surface area contributed by atoms with Crippen molar-refractivity contribution < 1.29 is 19.0 Å². The highest BCUT2D eigenvalue weighted by molar-refractivity contribution is 6.29. The number of methoxy groups -OCH3 is 3. The van der Waals surface area contributed by atoms with Crippen LogP contribution < -0.4 is 19.1 Å². The summed E-state index contributed by atoms with van der Waals surface area (Å²) in [6, 6.07) is 14.8. The van der Waals surface area contributed by atoms with E-state index in [4.69, 9.17) is 25.8 Å². The number of halogens is 1. The van der Waals surface area contributed by atoms with E-state index in [0.717, 1.165) is 34.8 Å². The van der Waals surface area contributed by atoms with Crippen LogP contribution in [0.25, 0.3) is 0 Å². The molecule has 1 aromatic heterocycles. The highest BCUT2D eigenvalue weighted by Crippen LogP contribution is 2.25. The normalized spacial score (nSPS) is 11.5. The highest BCUT2D eigenvalue weighted by atomic mass is 35.5. The monoisotopic (exact) mass is 512 g/mol. The lowest BCUT2D eigenvalue weighted by atomic mass is 10.1. The van der Waals surface area contributed by atoms with Crippen molar-refractivity contribution in [3.8, 4) is 17.2 Å². The van der Waals surface area contributed by atoms with Gasteiger partial charge in [-0.05, 0) is 61.2 Å². The second-order valence-corrected chi connectivity index (χ2v) is 8.92. The van der Waals surface area contributed by atoms with Crippen LogP contribution in [-0.2, 0) is 12.8 Å². The number of nitrogens with one attached hydrogen (secondary N) is 1. The molecule has 0 saturated heterocycles. The van der Waals surface area contributed by atoms with Crippen LogP contribution in [0.4, 0.5) is 5.82 Å². The maximum atomic E-state index is 13.6. The predicted molar refractivity (Wildman–Crippen MR) is 142 cm³/mol. The van der Waals surface area contributed by atoms with E-state index < -0.39 is 0 Å². The Morgan fingerprint density at radius 1 is 0.944 bits per heavy atom. The zero-order valence-electron chi connectivity index (χ0n) is 21.6. The Balaban J connectivity index is 1.87. The van der Waals surface area contributed by atoms with E-state index in [1.165, 1.54) is 0 Å². The van der Waals surface area contributed by atoms with Crippen LogP contribution >= 0.6 is 11.6 Å². The third-order valence-corrected chi connectivity index (χ3v) is 6.35. The SMILES string of the molecule is COc1cc(CCc2cc(N(CC(C)=C(Cl)N(C)C)C(=O)c3cccc(OC)c3)n[nH]2)cc(OC)c1. The fraction of sp³-hybridized carbons (Fsp3) is 0.333. The molecule has 0 bridgehead atoms. The predicted octanol–water partition coefficient (Wildman–Crippen LogP) is 4.90. The van der Waals surface area contributed by atoms with E-state index in [1.54, 1.807) is 50.5 Å². The first-order valence-electron chi connectivity index (χ1n) is 11.5. The molecule has 2 aromatic carbocycles. The number of anilines is 1. The fourth-order valence-electron chi connectivity index (χ4n) is 3.76. The van der Waals surface area contributed by atoms with E-state index >= 15 is 0 Å². The summed E-state index contributed by atoms with van der Waals surface area (Å²) in [6.07, 6.45) is 1.43. The molecule has 0 aliphatic carbocycles. The molecule has 192 valence electrons. The van der Waals surface area contributed by atoms with Crippen molar-refractivity contribution in [2.75, 3.05) is 46.9 Å². The first-order chi connectivity index (χ1) is 17.2. The van der Waals surface area contributed by atoms with E-state index in [9.17, 15) is 4.79 Å². The van der Waals surface area contributed by atoms with Gasteiger partial charge in [0.15, 0.2) is 5.82 Å². The number of aromatic amines is 1. The molecule has 0 spiro atoms. The number of nitrogens with zero attached hydrogens (tertiary/aromatic N) is 3. The van der Waals surface area contributed by atoms with Crippen molar-refractivity contribution in [3.63, 3.8) is 0 Å². The van der Waals surface area contributed by atoms with Gasteiger partial charge in [0.25, 0.3) is 5.91 Å². The minimum absolute atomic E-state index is 0.202. The van der Waals surface area contributed by atoms with Crippen molar-refractivity contribution in [1.82, 2.24) is 15.1 Å². The second kappa shape index (κ2) is 12.4. The van der Waals surface area contributed by atoms with Crippen molar-refractivity contribution >= 4 is 23.3 Å². The Morgan fingerprint density at radius 2 is 1.61 bits per heavy atom. The van der Waals surface area contributed by atoms with Gasteiger partial charge in [0.1, 0.15) is 22.4 Å². The van der Waals surface area contributed by atoms with E-state index in [1.807, 2.05) is 50.2 Å². The largest absolute Gasteiger partial charge is 0.497 e. The molecule has 9 heteroatoms. The molecule has 8 nitrogen and oxygen atoms in total. The molecule has 0 fully saturated rings. The topological polar surface area (TPSA) is 79.9 Å². The number of aryl methyl sites for hydroxylation is 2. The van der Waals surface area contributed by atoms with Crippen molar-refractivity contribution in [1.29, 1.82) is 0 Å². The molecular weight excluding hydrogens is 480 g/mol. The highest BCUT2D eigenvalue weighted by Gasteiger charge is 2.22. The maximum absolute atomic E-state index is 13.6. The van der Waals surface area contributed by atoms with Crippen LogP contribution in [-0.4, -0.2) is 63.0 Å². The Kier molecular flexibility index (Phi) is 9.25. The van der Waals surface area contributed by atoms with E-state index in [-0.39, 0.29) is 12.5 Å². The van der Waals surface area contributed by atoms with E-state index in [0.29, 0.717) is 28.7 Å². The number of benzene rings is 2. The third kappa shape index (κ3) is 6.73. The van der Waals surface area contributed by atoms with E-state index in [2.05, 4.69) is 10.2 Å². The Labute approximate surface area is 217 Å². The maximum Gasteiger partial charge on any atom is 0.259 e. The smallest absolute Gasteiger partial charge is 0.259 e. The Morgan fingerprint density at radius 3 is 2.22 bits per heavy atom. The van der Waals surface area contributed by atoms with Crippen LogP contribution in [0.15, 0.2) is 59.3 Å². The molecule has 0 radical (unpaired) electrons. The minimum atomic E-state index is -0.202. The average Bonchev–Trinajstić information content (AvgIpc) is 3.37. The van der Waals surface area contributed by atoms with Crippen LogP contribution in [0, 0.1) is 0 Å². The molecule has 0 aliphatic heterocycles. The number of H-pyrrole nitrogens is 1. The summed E-state index contributed by atoms with van der Waals surface area (Å²) in [5.41, 5.74) is 3.31. The van der Waals surface area contributed by atoms with Crippen molar-refractivity contribution in [2.24, 2.45) is 0 Å². The zero-order chi connectivity index (χ0) is 26.2. The molecule has 3 rings (SSSR count). The lowest BCUT2D eigenvalue weighted by molar-refractivity contribution is 0.0988. The number of hydrogen-bond donors (Lipinski definition) is 1. The molecule has 0 saturated carbocycles.